The zero-order valence-corrected chi connectivity index (χ0v) is 11.8. The Balaban J connectivity index is 1.85. The van der Waals surface area contributed by atoms with E-state index in [2.05, 4.69) is 10.6 Å². The van der Waals surface area contributed by atoms with Crippen molar-refractivity contribution in [2.75, 3.05) is 20.1 Å². The van der Waals surface area contributed by atoms with Crippen LogP contribution in [0.5, 0.6) is 0 Å². The summed E-state index contributed by atoms with van der Waals surface area (Å²) in [5.41, 5.74) is 0. The van der Waals surface area contributed by atoms with E-state index in [1.165, 1.54) is 12.8 Å². The highest BCUT2D eigenvalue weighted by molar-refractivity contribution is 5.87. The van der Waals surface area contributed by atoms with Crippen LogP contribution in [0.25, 0.3) is 0 Å². The molecule has 2 saturated heterocycles. The standard InChI is InChI=1S/C14H25N3O2/c1-15-14(19)12-6-2-3-10-17(12)13(18)8-7-11-5-4-9-16-11/h11-12,16H,2-10H2,1H3,(H,15,19). The molecule has 2 unspecified atom stereocenters. The molecule has 2 rings (SSSR count). The summed E-state index contributed by atoms with van der Waals surface area (Å²) in [6.45, 7) is 1.80. The molecule has 0 spiro atoms. The number of carbonyl (C=O) groups excluding carboxylic acids is 2. The van der Waals surface area contributed by atoms with Gasteiger partial charge in [-0.25, -0.2) is 0 Å². The third-order valence-electron chi connectivity index (χ3n) is 4.24. The van der Waals surface area contributed by atoms with Crippen molar-refractivity contribution in [3.63, 3.8) is 0 Å². The number of likely N-dealkylation sites (tertiary alicyclic amines) is 1. The lowest BCUT2D eigenvalue weighted by Crippen LogP contribution is -2.51. The van der Waals surface area contributed by atoms with Gasteiger partial charge in [0, 0.05) is 26.1 Å². The quantitative estimate of drug-likeness (QED) is 0.786. The van der Waals surface area contributed by atoms with Crippen LogP contribution >= 0.6 is 0 Å². The van der Waals surface area contributed by atoms with Gasteiger partial charge in [-0.2, -0.15) is 0 Å². The number of hydrogen-bond donors (Lipinski definition) is 2. The SMILES string of the molecule is CNC(=O)C1CCCCN1C(=O)CCC1CCCN1. The van der Waals surface area contributed by atoms with E-state index in [0.717, 1.165) is 38.8 Å². The lowest BCUT2D eigenvalue weighted by Gasteiger charge is -2.34. The minimum absolute atomic E-state index is 0.0213. The molecule has 19 heavy (non-hydrogen) atoms. The van der Waals surface area contributed by atoms with Gasteiger partial charge in [-0.15, -0.1) is 0 Å². The smallest absolute Gasteiger partial charge is 0.242 e. The second-order valence-corrected chi connectivity index (χ2v) is 5.54. The summed E-state index contributed by atoms with van der Waals surface area (Å²) in [5, 5.41) is 6.08. The molecule has 0 aromatic rings. The van der Waals surface area contributed by atoms with E-state index in [1.54, 1.807) is 11.9 Å². The Morgan fingerprint density at radius 3 is 2.79 bits per heavy atom. The Bertz CT molecular complexity index is 327. The lowest BCUT2D eigenvalue weighted by atomic mass is 10.00. The fraction of sp³-hybridized carbons (Fsp3) is 0.857. The zero-order valence-electron chi connectivity index (χ0n) is 11.8. The third-order valence-corrected chi connectivity index (χ3v) is 4.24. The van der Waals surface area contributed by atoms with Crippen molar-refractivity contribution in [2.24, 2.45) is 0 Å². The molecule has 0 aliphatic carbocycles. The van der Waals surface area contributed by atoms with Crippen LogP contribution in [0, 0.1) is 0 Å². The van der Waals surface area contributed by atoms with E-state index in [-0.39, 0.29) is 17.9 Å². The van der Waals surface area contributed by atoms with Crippen LogP contribution in [0.1, 0.15) is 44.9 Å². The number of rotatable bonds is 4. The molecule has 2 fully saturated rings. The van der Waals surface area contributed by atoms with E-state index in [4.69, 9.17) is 0 Å². The second kappa shape index (κ2) is 6.89. The molecule has 0 radical (unpaired) electrons. The number of amides is 2. The maximum Gasteiger partial charge on any atom is 0.242 e. The molecule has 2 atom stereocenters. The topological polar surface area (TPSA) is 61.4 Å². The van der Waals surface area contributed by atoms with Crippen LogP contribution in [0.15, 0.2) is 0 Å². The van der Waals surface area contributed by atoms with Crippen molar-refractivity contribution >= 4 is 11.8 Å². The maximum absolute atomic E-state index is 12.3. The van der Waals surface area contributed by atoms with Crippen LogP contribution in [0.4, 0.5) is 0 Å². The summed E-state index contributed by atoms with van der Waals surface area (Å²) in [4.78, 5) is 25.9. The van der Waals surface area contributed by atoms with Gasteiger partial charge in [-0.3, -0.25) is 9.59 Å². The zero-order chi connectivity index (χ0) is 13.7. The van der Waals surface area contributed by atoms with Gasteiger partial charge < -0.3 is 15.5 Å². The van der Waals surface area contributed by atoms with Gasteiger partial charge in [0.05, 0.1) is 0 Å². The summed E-state index contributed by atoms with van der Waals surface area (Å²) >= 11 is 0. The Kier molecular flexibility index (Phi) is 5.19. The van der Waals surface area contributed by atoms with Crippen LogP contribution in [-0.4, -0.2) is 48.9 Å². The summed E-state index contributed by atoms with van der Waals surface area (Å²) < 4.78 is 0. The average molecular weight is 267 g/mol. The van der Waals surface area contributed by atoms with Gasteiger partial charge in [0.15, 0.2) is 0 Å². The van der Waals surface area contributed by atoms with Crippen molar-refractivity contribution in [3.8, 4) is 0 Å². The number of nitrogens with one attached hydrogen (secondary N) is 2. The first-order valence-electron chi connectivity index (χ1n) is 7.47. The van der Waals surface area contributed by atoms with Gasteiger partial charge in [-0.1, -0.05) is 0 Å². The summed E-state index contributed by atoms with van der Waals surface area (Å²) in [5.74, 6) is 0.119. The van der Waals surface area contributed by atoms with Gasteiger partial charge in [0.2, 0.25) is 11.8 Å². The van der Waals surface area contributed by atoms with E-state index in [0.29, 0.717) is 12.5 Å². The number of hydrogen-bond acceptors (Lipinski definition) is 3. The third kappa shape index (κ3) is 3.69. The maximum atomic E-state index is 12.3. The molecule has 0 aromatic carbocycles. The van der Waals surface area contributed by atoms with Gasteiger partial charge in [0.25, 0.3) is 0 Å². The highest BCUT2D eigenvalue weighted by Gasteiger charge is 2.31. The number of piperidine rings is 1. The fourth-order valence-corrected chi connectivity index (χ4v) is 3.11. The molecular weight excluding hydrogens is 242 g/mol. The Labute approximate surface area is 115 Å². The van der Waals surface area contributed by atoms with Crippen LogP contribution in [0.2, 0.25) is 0 Å². The lowest BCUT2D eigenvalue weighted by molar-refractivity contribution is -0.142. The predicted molar refractivity (Wildman–Crippen MR) is 73.7 cm³/mol. The van der Waals surface area contributed by atoms with Crippen molar-refractivity contribution in [3.05, 3.63) is 0 Å². The fourth-order valence-electron chi connectivity index (χ4n) is 3.11. The molecule has 5 heteroatoms. The largest absolute Gasteiger partial charge is 0.357 e. The van der Waals surface area contributed by atoms with Crippen LogP contribution in [0.3, 0.4) is 0 Å². The van der Waals surface area contributed by atoms with Gasteiger partial charge in [-0.05, 0) is 45.1 Å². The molecular formula is C14H25N3O2. The van der Waals surface area contributed by atoms with Crippen LogP contribution in [-0.2, 0) is 9.59 Å². The number of likely N-dealkylation sites (N-methyl/N-ethyl adjacent to an activating group) is 1. The molecule has 2 aliphatic rings. The second-order valence-electron chi connectivity index (χ2n) is 5.54. The average Bonchev–Trinajstić information content (AvgIpc) is 2.97. The molecule has 2 N–H and O–H groups in total. The number of carbonyl (C=O) groups is 2. The molecule has 2 heterocycles. The minimum Gasteiger partial charge on any atom is -0.357 e. The predicted octanol–water partition coefficient (Wildman–Crippen LogP) is 0.646. The first kappa shape index (κ1) is 14.3. The highest BCUT2D eigenvalue weighted by Crippen LogP contribution is 2.20. The minimum atomic E-state index is -0.247. The van der Waals surface area contributed by atoms with E-state index < -0.39 is 0 Å². The molecule has 0 bridgehead atoms. The first-order valence-corrected chi connectivity index (χ1v) is 7.47. The first-order chi connectivity index (χ1) is 9.22. The van der Waals surface area contributed by atoms with Crippen LogP contribution < -0.4 is 10.6 Å². The summed E-state index contributed by atoms with van der Waals surface area (Å²) in [6.07, 6.45) is 6.69. The summed E-state index contributed by atoms with van der Waals surface area (Å²) in [6, 6.07) is 0.245. The Morgan fingerprint density at radius 2 is 2.11 bits per heavy atom. The Morgan fingerprint density at radius 1 is 1.26 bits per heavy atom. The van der Waals surface area contributed by atoms with E-state index >= 15 is 0 Å². The monoisotopic (exact) mass is 267 g/mol. The molecule has 0 aromatic heterocycles. The van der Waals surface area contributed by atoms with Gasteiger partial charge >= 0.3 is 0 Å². The molecule has 0 saturated carbocycles. The summed E-state index contributed by atoms with van der Waals surface area (Å²) in [7, 11) is 1.64. The highest BCUT2D eigenvalue weighted by atomic mass is 16.2. The van der Waals surface area contributed by atoms with Crippen molar-refractivity contribution in [1.29, 1.82) is 0 Å². The van der Waals surface area contributed by atoms with Crippen molar-refractivity contribution in [1.82, 2.24) is 15.5 Å². The van der Waals surface area contributed by atoms with E-state index in [1.807, 2.05) is 0 Å². The molecule has 2 aliphatic heterocycles. The normalized spacial score (nSPS) is 27.3. The molecule has 5 nitrogen and oxygen atoms in total. The Hall–Kier alpha value is -1.10. The van der Waals surface area contributed by atoms with Gasteiger partial charge in [0.1, 0.15) is 6.04 Å². The van der Waals surface area contributed by atoms with E-state index in [9.17, 15) is 9.59 Å². The van der Waals surface area contributed by atoms with Crippen molar-refractivity contribution in [2.45, 2.75) is 57.0 Å². The molecule has 108 valence electrons. The van der Waals surface area contributed by atoms with Crippen molar-refractivity contribution < 1.29 is 9.59 Å². The number of nitrogens with zero attached hydrogens (tertiary/aromatic N) is 1. The molecule has 2 amide bonds.